The van der Waals surface area contributed by atoms with Crippen LogP contribution in [0.25, 0.3) is 0 Å². The van der Waals surface area contributed by atoms with Crippen LogP contribution in [0.4, 0.5) is 8.78 Å². The number of imidazole rings is 1. The number of aryl methyl sites for hydroxylation is 1. The van der Waals surface area contributed by atoms with Gasteiger partial charge in [0, 0.05) is 31.4 Å². The molecule has 1 aromatic heterocycles. The first kappa shape index (κ1) is 14.6. The lowest BCUT2D eigenvalue weighted by molar-refractivity contribution is 0.488. The Morgan fingerprint density at radius 2 is 2.10 bits per heavy atom. The van der Waals surface area contributed by atoms with Gasteiger partial charge in [-0.2, -0.15) is 0 Å². The van der Waals surface area contributed by atoms with Crippen molar-refractivity contribution in [2.24, 2.45) is 5.84 Å². The molecule has 6 heteroatoms. The summed E-state index contributed by atoms with van der Waals surface area (Å²) in [6.45, 7) is 2.86. The molecule has 2 aromatic rings. The van der Waals surface area contributed by atoms with Gasteiger partial charge in [0.1, 0.15) is 5.82 Å². The van der Waals surface area contributed by atoms with Crippen molar-refractivity contribution in [1.82, 2.24) is 15.0 Å². The van der Waals surface area contributed by atoms with E-state index in [1.807, 2.05) is 17.7 Å². The van der Waals surface area contributed by atoms with E-state index < -0.39 is 11.6 Å². The molecule has 0 aliphatic carbocycles. The molecule has 0 bridgehead atoms. The highest BCUT2D eigenvalue weighted by molar-refractivity contribution is 5.19. The molecule has 20 heavy (non-hydrogen) atoms. The quantitative estimate of drug-likeness (QED) is 0.626. The lowest BCUT2D eigenvalue weighted by Crippen LogP contribution is -2.39. The zero-order chi connectivity index (χ0) is 14.5. The second-order valence-electron chi connectivity index (χ2n) is 4.65. The summed E-state index contributed by atoms with van der Waals surface area (Å²) >= 11 is 0. The molecule has 1 unspecified atom stereocenters. The molecule has 2 rings (SSSR count). The summed E-state index contributed by atoms with van der Waals surface area (Å²) in [6, 6.07) is 3.80. The van der Waals surface area contributed by atoms with Gasteiger partial charge in [0.25, 0.3) is 0 Å². The summed E-state index contributed by atoms with van der Waals surface area (Å²) in [5, 5.41) is 0. The summed E-state index contributed by atoms with van der Waals surface area (Å²) in [4.78, 5) is 4.28. The molecule has 1 atom stereocenters. The van der Waals surface area contributed by atoms with E-state index in [0.29, 0.717) is 18.4 Å². The van der Waals surface area contributed by atoms with Crippen LogP contribution in [-0.4, -0.2) is 15.6 Å². The van der Waals surface area contributed by atoms with E-state index in [-0.39, 0.29) is 6.04 Å². The Bertz CT molecular complexity index is 568. The molecule has 3 N–H and O–H groups in total. The van der Waals surface area contributed by atoms with Crippen LogP contribution in [0.2, 0.25) is 0 Å². The molecule has 108 valence electrons. The first-order valence-electron chi connectivity index (χ1n) is 6.54. The Balaban J connectivity index is 2.07. The number of nitrogens with zero attached hydrogens (tertiary/aromatic N) is 2. The van der Waals surface area contributed by atoms with Gasteiger partial charge in [-0.3, -0.25) is 11.3 Å². The van der Waals surface area contributed by atoms with Gasteiger partial charge in [-0.15, -0.1) is 0 Å². The molecule has 1 aromatic carbocycles. The summed E-state index contributed by atoms with van der Waals surface area (Å²) < 4.78 is 28.1. The molecule has 0 amide bonds. The van der Waals surface area contributed by atoms with Gasteiger partial charge in [-0.1, -0.05) is 6.07 Å². The standard InChI is InChI=1S/C14H18F2N4/c1-2-20-6-5-18-14(20)9-11(19-17)7-10-3-4-12(15)13(16)8-10/h3-6,8,11,19H,2,7,9,17H2,1H3. The molecule has 0 aliphatic heterocycles. The minimum absolute atomic E-state index is 0.0902. The SMILES string of the molecule is CCn1ccnc1CC(Cc1ccc(F)c(F)c1)NN. The maximum Gasteiger partial charge on any atom is 0.159 e. The van der Waals surface area contributed by atoms with Gasteiger partial charge in [0.05, 0.1) is 0 Å². The Morgan fingerprint density at radius 3 is 2.75 bits per heavy atom. The molecule has 0 saturated heterocycles. The van der Waals surface area contributed by atoms with Crippen LogP contribution >= 0.6 is 0 Å². The molecule has 0 spiro atoms. The van der Waals surface area contributed by atoms with Crippen LogP contribution in [-0.2, 0) is 19.4 Å². The predicted octanol–water partition coefficient (Wildman–Crippen LogP) is 1.80. The highest BCUT2D eigenvalue weighted by atomic mass is 19.2. The molecule has 1 heterocycles. The number of hydrazine groups is 1. The van der Waals surface area contributed by atoms with Crippen LogP contribution in [0.5, 0.6) is 0 Å². The minimum atomic E-state index is -0.840. The Morgan fingerprint density at radius 1 is 1.30 bits per heavy atom. The lowest BCUT2D eigenvalue weighted by Gasteiger charge is -2.16. The van der Waals surface area contributed by atoms with E-state index in [9.17, 15) is 8.78 Å². The average Bonchev–Trinajstić information content (AvgIpc) is 2.89. The molecular formula is C14H18F2N4. The normalized spacial score (nSPS) is 12.6. The second-order valence-corrected chi connectivity index (χ2v) is 4.65. The summed E-state index contributed by atoms with van der Waals surface area (Å²) in [5.74, 6) is 4.78. The van der Waals surface area contributed by atoms with E-state index in [1.54, 1.807) is 12.3 Å². The molecular weight excluding hydrogens is 262 g/mol. The first-order chi connectivity index (χ1) is 9.63. The van der Waals surface area contributed by atoms with Gasteiger partial charge in [-0.05, 0) is 31.0 Å². The van der Waals surface area contributed by atoms with Gasteiger partial charge >= 0.3 is 0 Å². The van der Waals surface area contributed by atoms with Gasteiger partial charge in [0.2, 0.25) is 0 Å². The van der Waals surface area contributed by atoms with Crippen molar-refractivity contribution >= 4 is 0 Å². The molecule has 0 fully saturated rings. The van der Waals surface area contributed by atoms with Crippen LogP contribution in [0.15, 0.2) is 30.6 Å². The van der Waals surface area contributed by atoms with E-state index in [4.69, 9.17) is 5.84 Å². The van der Waals surface area contributed by atoms with E-state index in [1.165, 1.54) is 6.07 Å². The maximum atomic E-state index is 13.2. The molecule has 0 radical (unpaired) electrons. The fourth-order valence-corrected chi connectivity index (χ4v) is 2.18. The fourth-order valence-electron chi connectivity index (χ4n) is 2.18. The lowest BCUT2D eigenvalue weighted by atomic mass is 10.0. The third-order valence-corrected chi connectivity index (χ3v) is 3.27. The molecule has 0 aliphatic rings. The Labute approximate surface area is 116 Å². The number of halogens is 2. The highest BCUT2D eigenvalue weighted by Crippen LogP contribution is 2.12. The smallest absolute Gasteiger partial charge is 0.159 e. The van der Waals surface area contributed by atoms with Crippen LogP contribution in [0, 0.1) is 11.6 Å². The number of hydrogen-bond donors (Lipinski definition) is 2. The third kappa shape index (κ3) is 3.40. The largest absolute Gasteiger partial charge is 0.335 e. The van der Waals surface area contributed by atoms with Crippen molar-refractivity contribution in [3.8, 4) is 0 Å². The minimum Gasteiger partial charge on any atom is -0.335 e. The van der Waals surface area contributed by atoms with Crippen LogP contribution in [0.3, 0.4) is 0 Å². The number of aromatic nitrogens is 2. The Kier molecular flexibility index (Phi) is 4.81. The summed E-state index contributed by atoms with van der Waals surface area (Å²) in [5.41, 5.74) is 3.40. The number of rotatable bonds is 6. The number of benzene rings is 1. The fraction of sp³-hybridized carbons (Fsp3) is 0.357. The number of nitrogens with two attached hydrogens (primary N) is 1. The van der Waals surface area contributed by atoms with Crippen molar-refractivity contribution in [1.29, 1.82) is 0 Å². The van der Waals surface area contributed by atoms with E-state index in [0.717, 1.165) is 18.4 Å². The van der Waals surface area contributed by atoms with Gasteiger partial charge in [-0.25, -0.2) is 13.8 Å². The van der Waals surface area contributed by atoms with Crippen molar-refractivity contribution in [3.05, 3.63) is 53.6 Å². The highest BCUT2D eigenvalue weighted by Gasteiger charge is 2.13. The van der Waals surface area contributed by atoms with Gasteiger partial charge in [0.15, 0.2) is 11.6 Å². The second kappa shape index (κ2) is 6.58. The third-order valence-electron chi connectivity index (χ3n) is 3.27. The zero-order valence-corrected chi connectivity index (χ0v) is 11.3. The zero-order valence-electron chi connectivity index (χ0n) is 11.3. The van der Waals surface area contributed by atoms with Crippen molar-refractivity contribution in [3.63, 3.8) is 0 Å². The summed E-state index contributed by atoms with van der Waals surface area (Å²) in [6.07, 6.45) is 4.77. The molecule has 0 saturated carbocycles. The van der Waals surface area contributed by atoms with E-state index in [2.05, 4.69) is 10.4 Å². The summed E-state index contributed by atoms with van der Waals surface area (Å²) in [7, 11) is 0. The number of hydrogen-bond acceptors (Lipinski definition) is 3. The predicted molar refractivity (Wildman–Crippen MR) is 72.8 cm³/mol. The monoisotopic (exact) mass is 280 g/mol. The topological polar surface area (TPSA) is 55.9 Å². The Hall–Kier alpha value is -1.79. The number of nitrogens with one attached hydrogen (secondary N) is 1. The van der Waals surface area contributed by atoms with E-state index >= 15 is 0 Å². The van der Waals surface area contributed by atoms with Gasteiger partial charge < -0.3 is 4.57 Å². The van der Waals surface area contributed by atoms with Crippen LogP contribution < -0.4 is 11.3 Å². The van der Waals surface area contributed by atoms with Crippen molar-refractivity contribution < 1.29 is 8.78 Å². The first-order valence-corrected chi connectivity index (χ1v) is 6.54. The van der Waals surface area contributed by atoms with Crippen LogP contribution in [0.1, 0.15) is 18.3 Å². The average molecular weight is 280 g/mol. The van der Waals surface area contributed by atoms with Crippen molar-refractivity contribution in [2.45, 2.75) is 32.4 Å². The van der Waals surface area contributed by atoms with Crippen molar-refractivity contribution in [2.75, 3.05) is 0 Å². The maximum absolute atomic E-state index is 13.2. The molecule has 4 nitrogen and oxygen atoms in total.